The summed E-state index contributed by atoms with van der Waals surface area (Å²) in [5.41, 5.74) is 6.25. The highest BCUT2D eigenvalue weighted by atomic mass is 19.4. The Morgan fingerprint density at radius 3 is 2.56 bits per heavy atom. The third-order valence-corrected chi connectivity index (χ3v) is 3.19. The summed E-state index contributed by atoms with van der Waals surface area (Å²) in [4.78, 5) is 16.0. The van der Waals surface area contributed by atoms with Gasteiger partial charge in [0, 0.05) is 23.6 Å². The molecule has 0 aromatic carbocycles. The first kappa shape index (κ1) is 16.6. The number of nitrogens with zero attached hydrogens (tertiary/aromatic N) is 4. The van der Waals surface area contributed by atoms with Gasteiger partial charge in [-0.05, 0) is 31.2 Å². The molecule has 128 valence electrons. The second kappa shape index (κ2) is 6.34. The van der Waals surface area contributed by atoms with Crippen molar-refractivity contribution in [3.8, 4) is 11.5 Å². The predicted molar refractivity (Wildman–Crippen MR) is 86.9 cm³/mol. The van der Waals surface area contributed by atoms with Crippen molar-refractivity contribution < 1.29 is 13.2 Å². The zero-order valence-corrected chi connectivity index (χ0v) is 13.0. The molecule has 0 aliphatic rings. The molecule has 0 aliphatic heterocycles. The Morgan fingerprint density at radius 2 is 1.84 bits per heavy atom. The molecule has 3 heterocycles. The number of pyridine rings is 2. The van der Waals surface area contributed by atoms with Crippen LogP contribution in [0.2, 0.25) is 0 Å². The molecule has 0 aliphatic carbocycles. The Labute approximate surface area is 141 Å². The van der Waals surface area contributed by atoms with E-state index in [9.17, 15) is 13.2 Å². The summed E-state index contributed by atoms with van der Waals surface area (Å²) in [6, 6.07) is 9.06. The Balaban J connectivity index is 1.94. The van der Waals surface area contributed by atoms with Crippen LogP contribution in [0.5, 0.6) is 0 Å². The standard InChI is InChI=1S/C16H13F3N6/c1-9-3-2-4-11(22-9)15-24-13(20)8-14(25-15)23-10-5-6-21-12(7-10)16(17,18)19/h2-8H,1H3,(H3,20,21,23,24,25). The second-order valence-electron chi connectivity index (χ2n) is 5.22. The summed E-state index contributed by atoms with van der Waals surface area (Å²) in [6.45, 7) is 1.82. The van der Waals surface area contributed by atoms with Crippen LogP contribution in [0.4, 0.5) is 30.5 Å². The fraction of sp³-hybridized carbons (Fsp3) is 0.125. The van der Waals surface area contributed by atoms with Crippen LogP contribution >= 0.6 is 0 Å². The van der Waals surface area contributed by atoms with Crippen molar-refractivity contribution in [1.29, 1.82) is 0 Å². The average Bonchev–Trinajstić information content (AvgIpc) is 2.54. The molecule has 0 fully saturated rings. The minimum Gasteiger partial charge on any atom is -0.384 e. The SMILES string of the molecule is Cc1cccc(-c2nc(N)cc(Nc3ccnc(C(F)(F)F)c3)n2)n1. The van der Waals surface area contributed by atoms with Gasteiger partial charge in [0.05, 0.1) is 0 Å². The van der Waals surface area contributed by atoms with E-state index in [0.29, 0.717) is 5.69 Å². The first-order valence-electron chi connectivity index (χ1n) is 7.20. The normalized spacial score (nSPS) is 11.4. The lowest BCUT2D eigenvalue weighted by atomic mass is 10.3. The minimum atomic E-state index is -4.53. The van der Waals surface area contributed by atoms with Crippen LogP contribution in [0, 0.1) is 6.92 Å². The van der Waals surface area contributed by atoms with Gasteiger partial charge in [-0.2, -0.15) is 13.2 Å². The molecular weight excluding hydrogens is 333 g/mol. The maximum atomic E-state index is 12.7. The largest absolute Gasteiger partial charge is 0.433 e. The number of aromatic nitrogens is 4. The van der Waals surface area contributed by atoms with E-state index in [-0.39, 0.29) is 23.1 Å². The third-order valence-electron chi connectivity index (χ3n) is 3.19. The molecular formula is C16H13F3N6. The molecule has 0 bridgehead atoms. The Kier molecular flexibility index (Phi) is 4.22. The van der Waals surface area contributed by atoms with Crippen LogP contribution in [-0.2, 0) is 6.18 Å². The molecule has 0 radical (unpaired) electrons. The molecule has 0 spiro atoms. The number of rotatable bonds is 3. The fourth-order valence-corrected chi connectivity index (χ4v) is 2.12. The highest BCUT2D eigenvalue weighted by Crippen LogP contribution is 2.29. The van der Waals surface area contributed by atoms with Crippen molar-refractivity contribution in [3.63, 3.8) is 0 Å². The minimum absolute atomic E-state index is 0.168. The molecule has 3 N–H and O–H groups in total. The van der Waals surface area contributed by atoms with E-state index in [2.05, 4.69) is 25.3 Å². The molecule has 6 nitrogen and oxygen atoms in total. The molecule has 25 heavy (non-hydrogen) atoms. The van der Waals surface area contributed by atoms with Crippen LogP contribution in [0.3, 0.4) is 0 Å². The highest BCUT2D eigenvalue weighted by molar-refractivity contribution is 5.62. The first-order valence-corrected chi connectivity index (χ1v) is 7.20. The van der Waals surface area contributed by atoms with E-state index in [1.165, 1.54) is 12.1 Å². The number of hydrogen-bond donors (Lipinski definition) is 2. The van der Waals surface area contributed by atoms with Crippen molar-refractivity contribution in [3.05, 3.63) is 54.0 Å². The van der Waals surface area contributed by atoms with Gasteiger partial charge in [0.2, 0.25) is 0 Å². The predicted octanol–water partition coefficient (Wildman–Crippen LogP) is 3.59. The Hall–Kier alpha value is -3.23. The van der Waals surface area contributed by atoms with E-state index >= 15 is 0 Å². The zero-order valence-electron chi connectivity index (χ0n) is 13.0. The highest BCUT2D eigenvalue weighted by Gasteiger charge is 2.32. The van der Waals surface area contributed by atoms with Crippen LogP contribution in [0.1, 0.15) is 11.4 Å². The van der Waals surface area contributed by atoms with E-state index in [4.69, 9.17) is 5.73 Å². The van der Waals surface area contributed by atoms with E-state index < -0.39 is 11.9 Å². The van der Waals surface area contributed by atoms with Crippen molar-refractivity contribution in [2.24, 2.45) is 0 Å². The molecule has 0 unspecified atom stereocenters. The van der Waals surface area contributed by atoms with E-state index in [1.54, 1.807) is 12.1 Å². The Morgan fingerprint density at radius 1 is 1.04 bits per heavy atom. The van der Waals surface area contributed by atoms with Crippen LogP contribution in [-0.4, -0.2) is 19.9 Å². The Bertz CT molecular complexity index is 910. The zero-order chi connectivity index (χ0) is 18.0. The van der Waals surface area contributed by atoms with Crippen LogP contribution in [0.25, 0.3) is 11.5 Å². The number of nitrogens with two attached hydrogens (primary N) is 1. The lowest BCUT2D eigenvalue weighted by molar-refractivity contribution is -0.141. The number of aryl methyl sites for hydroxylation is 1. The molecule has 3 rings (SSSR count). The summed E-state index contributed by atoms with van der Waals surface area (Å²) >= 11 is 0. The van der Waals surface area contributed by atoms with Gasteiger partial charge in [-0.25, -0.2) is 15.0 Å². The molecule has 0 amide bonds. The molecule has 3 aromatic rings. The van der Waals surface area contributed by atoms with Crippen molar-refractivity contribution in [2.75, 3.05) is 11.1 Å². The van der Waals surface area contributed by atoms with Gasteiger partial charge >= 0.3 is 6.18 Å². The number of halogens is 3. The summed E-state index contributed by atoms with van der Waals surface area (Å²) in [7, 11) is 0. The summed E-state index contributed by atoms with van der Waals surface area (Å²) in [5.74, 6) is 0.697. The van der Waals surface area contributed by atoms with Gasteiger partial charge in [-0.15, -0.1) is 0 Å². The molecule has 0 saturated heterocycles. The summed E-state index contributed by atoms with van der Waals surface area (Å²) < 4.78 is 38.2. The van der Waals surface area contributed by atoms with Crippen molar-refractivity contribution in [2.45, 2.75) is 13.1 Å². The fourth-order valence-electron chi connectivity index (χ4n) is 2.12. The number of nitrogens with one attached hydrogen (secondary N) is 1. The molecule has 0 atom stereocenters. The molecule has 0 saturated carbocycles. The molecule has 3 aromatic heterocycles. The second-order valence-corrected chi connectivity index (χ2v) is 5.22. The lowest BCUT2D eigenvalue weighted by Gasteiger charge is -2.10. The average molecular weight is 346 g/mol. The monoisotopic (exact) mass is 346 g/mol. The smallest absolute Gasteiger partial charge is 0.384 e. The molecule has 9 heteroatoms. The van der Waals surface area contributed by atoms with Gasteiger partial charge in [-0.1, -0.05) is 6.07 Å². The van der Waals surface area contributed by atoms with Gasteiger partial charge in [0.1, 0.15) is 23.0 Å². The maximum Gasteiger partial charge on any atom is 0.433 e. The topological polar surface area (TPSA) is 89.6 Å². The lowest BCUT2D eigenvalue weighted by Crippen LogP contribution is -2.08. The number of alkyl halides is 3. The summed E-state index contributed by atoms with van der Waals surface area (Å²) in [5, 5.41) is 2.78. The van der Waals surface area contributed by atoms with Crippen LogP contribution in [0.15, 0.2) is 42.6 Å². The number of nitrogen functional groups attached to an aromatic ring is 1. The van der Waals surface area contributed by atoms with Crippen molar-refractivity contribution in [1.82, 2.24) is 19.9 Å². The van der Waals surface area contributed by atoms with E-state index in [1.807, 2.05) is 13.0 Å². The number of anilines is 3. The van der Waals surface area contributed by atoms with Crippen LogP contribution < -0.4 is 11.1 Å². The van der Waals surface area contributed by atoms with Gasteiger partial charge in [0.25, 0.3) is 0 Å². The van der Waals surface area contributed by atoms with E-state index in [0.717, 1.165) is 18.0 Å². The maximum absolute atomic E-state index is 12.7. The van der Waals surface area contributed by atoms with Gasteiger partial charge in [0.15, 0.2) is 5.82 Å². The van der Waals surface area contributed by atoms with Gasteiger partial charge in [-0.3, -0.25) is 4.98 Å². The summed E-state index contributed by atoms with van der Waals surface area (Å²) in [6.07, 6.45) is -3.46. The number of hydrogen-bond acceptors (Lipinski definition) is 6. The quantitative estimate of drug-likeness (QED) is 0.753. The first-order chi connectivity index (χ1) is 11.8. The van der Waals surface area contributed by atoms with Crippen molar-refractivity contribution >= 4 is 17.3 Å². The van der Waals surface area contributed by atoms with Gasteiger partial charge < -0.3 is 11.1 Å². The third kappa shape index (κ3) is 4.00.